The van der Waals surface area contributed by atoms with Crippen molar-refractivity contribution >= 4 is 0 Å². The van der Waals surface area contributed by atoms with Crippen molar-refractivity contribution in [2.45, 2.75) is 71.6 Å². The van der Waals surface area contributed by atoms with Crippen LogP contribution in [-0.2, 0) is 0 Å². The molecule has 0 atom stereocenters. The second-order valence-electron chi connectivity index (χ2n) is 4.67. The van der Waals surface area contributed by atoms with E-state index >= 15 is 0 Å². The molecule has 0 saturated heterocycles. The Morgan fingerprint density at radius 2 is 1.69 bits per heavy atom. The zero-order valence-corrected chi connectivity index (χ0v) is 9.44. The molecule has 0 unspecified atom stereocenters. The lowest BCUT2D eigenvalue weighted by Crippen LogP contribution is -2.01. The van der Waals surface area contributed by atoms with Gasteiger partial charge in [0.2, 0.25) is 0 Å². The molecule has 1 aliphatic carbocycles. The van der Waals surface area contributed by atoms with Gasteiger partial charge in [0, 0.05) is 0 Å². The SMILES string of the molecule is CCCC[CH]C1(CCCCC)CC1. The fourth-order valence-electron chi connectivity index (χ4n) is 2.06. The van der Waals surface area contributed by atoms with Crippen molar-refractivity contribution in [1.82, 2.24) is 0 Å². The Balaban J connectivity index is 2.01. The summed E-state index contributed by atoms with van der Waals surface area (Å²) < 4.78 is 0. The van der Waals surface area contributed by atoms with E-state index in [1.54, 1.807) is 0 Å². The molecule has 0 spiro atoms. The third kappa shape index (κ3) is 4.15. The minimum Gasteiger partial charge on any atom is -0.0654 e. The summed E-state index contributed by atoms with van der Waals surface area (Å²) in [6.07, 6.45) is 15.4. The summed E-state index contributed by atoms with van der Waals surface area (Å²) in [4.78, 5) is 0. The molecule has 1 saturated carbocycles. The van der Waals surface area contributed by atoms with Crippen LogP contribution in [0.2, 0.25) is 0 Å². The van der Waals surface area contributed by atoms with E-state index in [0.29, 0.717) is 0 Å². The molecule has 0 heterocycles. The molecular weight excluding hydrogens is 156 g/mol. The second kappa shape index (κ2) is 5.67. The van der Waals surface area contributed by atoms with Crippen molar-refractivity contribution in [2.75, 3.05) is 0 Å². The monoisotopic (exact) mass is 181 g/mol. The van der Waals surface area contributed by atoms with Crippen LogP contribution in [0.1, 0.15) is 71.6 Å². The fraction of sp³-hybridized carbons (Fsp3) is 0.923. The van der Waals surface area contributed by atoms with Crippen molar-refractivity contribution in [2.24, 2.45) is 5.41 Å². The molecule has 0 heteroatoms. The fourth-order valence-corrected chi connectivity index (χ4v) is 2.06. The molecule has 0 nitrogen and oxygen atoms in total. The number of hydrogen-bond acceptors (Lipinski definition) is 0. The summed E-state index contributed by atoms with van der Waals surface area (Å²) in [6, 6.07) is 0. The first kappa shape index (κ1) is 11.1. The molecule has 0 aromatic carbocycles. The lowest BCUT2D eigenvalue weighted by Gasteiger charge is -2.13. The summed E-state index contributed by atoms with van der Waals surface area (Å²) in [5.41, 5.74) is 0.727. The number of hydrogen-bond donors (Lipinski definition) is 0. The van der Waals surface area contributed by atoms with E-state index in [2.05, 4.69) is 20.3 Å². The van der Waals surface area contributed by atoms with Crippen LogP contribution in [0, 0.1) is 11.8 Å². The van der Waals surface area contributed by atoms with E-state index in [9.17, 15) is 0 Å². The molecule has 1 rings (SSSR count). The van der Waals surface area contributed by atoms with E-state index in [1.807, 2.05) is 0 Å². The van der Waals surface area contributed by atoms with Gasteiger partial charge in [-0.1, -0.05) is 46.0 Å². The molecule has 1 radical (unpaired) electrons. The molecule has 13 heavy (non-hydrogen) atoms. The zero-order chi connectivity index (χ0) is 9.57. The summed E-state index contributed by atoms with van der Waals surface area (Å²) in [7, 11) is 0. The highest BCUT2D eigenvalue weighted by molar-refractivity contribution is 5.03. The van der Waals surface area contributed by atoms with Gasteiger partial charge in [-0.15, -0.1) is 0 Å². The van der Waals surface area contributed by atoms with Crippen LogP contribution in [0.5, 0.6) is 0 Å². The molecule has 1 fully saturated rings. The molecule has 0 aliphatic heterocycles. The molecular formula is C13H25. The number of unbranched alkanes of at least 4 members (excludes halogenated alkanes) is 4. The van der Waals surface area contributed by atoms with Crippen molar-refractivity contribution in [3.05, 3.63) is 6.42 Å². The Morgan fingerprint density at radius 3 is 2.23 bits per heavy atom. The van der Waals surface area contributed by atoms with Crippen molar-refractivity contribution in [1.29, 1.82) is 0 Å². The van der Waals surface area contributed by atoms with Crippen molar-refractivity contribution in [3.63, 3.8) is 0 Å². The maximum atomic E-state index is 2.63. The van der Waals surface area contributed by atoms with Crippen LogP contribution in [0.25, 0.3) is 0 Å². The van der Waals surface area contributed by atoms with Gasteiger partial charge in [-0.2, -0.15) is 0 Å². The standard InChI is InChI=1S/C13H25/c1-3-5-7-9-13(11-12-13)10-8-6-4-2/h9H,3-8,10-12H2,1-2H3. The molecule has 0 N–H and O–H groups in total. The zero-order valence-electron chi connectivity index (χ0n) is 9.44. The minimum absolute atomic E-state index is 0.727. The summed E-state index contributed by atoms with van der Waals surface area (Å²) in [5, 5.41) is 0. The highest BCUT2D eigenvalue weighted by atomic mass is 14.5. The van der Waals surface area contributed by atoms with Gasteiger partial charge in [-0.3, -0.25) is 0 Å². The highest BCUT2D eigenvalue weighted by Crippen LogP contribution is 2.53. The van der Waals surface area contributed by atoms with Crippen LogP contribution in [0.3, 0.4) is 0 Å². The van der Waals surface area contributed by atoms with Crippen LogP contribution < -0.4 is 0 Å². The van der Waals surface area contributed by atoms with Crippen LogP contribution in [0.4, 0.5) is 0 Å². The van der Waals surface area contributed by atoms with Gasteiger partial charge >= 0.3 is 0 Å². The molecule has 0 amide bonds. The van der Waals surface area contributed by atoms with E-state index in [1.165, 1.54) is 57.8 Å². The molecule has 77 valence electrons. The van der Waals surface area contributed by atoms with Crippen molar-refractivity contribution in [3.8, 4) is 0 Å². The Hall–Kier alpha value is 0. The van der Waals surface area contributed by atoms with Crippen LogP contribution in [-0.4, -0.2) is 0 Å². The Morgan fingerprint density at radius 1 is 1.00 bits per heavy atom. The van der Waals surface area contributed by atoms with Gasteiger partial charge in [0.15, 0.2) is 0 Å². The first-order valence-corrected chi connectivity index (χ1v) is 6.17. The Labute approximate surface area is 84.1 Å². The van der Waals surface area contributed by atoms with Gasteiger partial charge in [0.1, 0.15) is 0 Å². The average molecular weight is 181 g/mol. The second-order valence-corrected chi connectivity index (χ2v) is 4.67. The van der Waals surface area contributed by atoms with Crippen LogP contribution >= 0.6 is 0 Å². The van der Waals surface area contributed by atoms with Crippen LogP contribution in [0.15, 0.2) is 0 Å². The smallest absolute Gasteiger partial charge is 0.0266 e. The molecule has 1 aliphatic rings. The topological polar surface area (TPSA) is 0 Å². The largest absolute Gasteiger partial charge is 0.0654 e. The van der Waals surface area contributed by atoms with Gasteiger partial charge in [0.25, 0.3) is 0 Å². The van der Waals surface area contributed by atoms with Gasteiger partial charge in [-0.25, -0.2) is 0 Å². The third-order valence-corrected chi connectivity index (χ3v) is 3.31. The Kier molecular flexibility index (Phi) is 4.83. The van der Waals surface area contributed by atoms with E-state index in [4.69, 9.17) is 0 Å². The molecule has 0 bridgehead atoms. The van der Waals surface area contributed by atoms with E-state index in [-0.39, 0.29) is 0 Å². The van der Waals surface area contributed by atoms with E-state index in [0.717, 1.165) is 5.41 Å². The maximum absolute atomic E-state index is 2.63. The summed E-state index contributed by atoms with van der Waals surface area (Å²) in [6.45, 7) is 4.57. The first-order chi connectivity index (χ1) is 6.33. The number of rotatable bonds is 8. The lowest BCUT2D eigenvalue weighted by atomic mass is 9.92. The van der Waals surface area contributed by atoms with Gasteiger partial charge in [-0.05, 0) is 37.5 Å². The van der Waals surface area contributed by atoms with Gasteiger partial charge in [0.05, 0.1) is 0 Å². The minimum atomic E-state index is 0.727. The molecule has 0 aromatic rings. The van der Waals surface area contributed by atoms with Crippen molar-refractivity contribution < 1.29 is 0 Å². The highest BCUT2D eigenvalue weighted by Gasteiger charge is 2.40. The molecule has 0 aromatic heterocycles. The first-order valence-electron chi connectivity index (χ1n) is 6.17. The summed E-state index contributed by atoms with van der Waals surface area (Å²) in [5.74, 6) is 0. The lowest BCUT2D eigenvalue weighted by molar-refractivity contribution is 0.477. The normalized spacial score (nSPS) is 18.9. The predicted octanol–water partition coefficient (Wildman–Crippen LogP) is 4.74. The van der Waals surface area contributed by atoms with E-state index < -0.39 is 0 Å². The third-order valence-electron chi connectivity index (χ3n) is 3.31. The quantitative estimate of drug-likeness (QED) is 0.474. The van der Waals surface area contributed by atoms with Gasteiger partial charge < -0.3 is 0 Å². The predicted molar refractivity (Wildman–Crippen MR) is 59.6 cm³/mol. The summed E-state index contributed by atoms with van der Waals surface area (Å²) >= 11 is 0. The Bertz CT molecular complexity index is 110. The maximum Gasteiger partial charge on any atom is -0.0266 e. The average Bonchev–Trinajstić information content (AvgIpc) is 2.87.